The number of aryl methyl sites for hydroxylation is 1. The minimum atomic E-state index is -1.05. The number of fused-ring (bicyclic) bond motifs is 1. The lowest BCUT2D eigenvalue weighted by Crippen LogP contribution is -2.18. The molecule has 5 nitrogen and oxygen atoms in total. The second kappa shape index (κ2) is 3.86. The van der Waals surface area contributed by atoms with E-state index < -0.39 is 5.97 Å². The van der Waals surface area contributed by atoms with Crippen molar-refractivity contribution in [3.05, 3.63) is 17.5 Å². The Morgan fingerprint density at radius 1 is 1.39 bits per heavy atom. The monoisotopic (exact) mass is 248 g/mol. The van der Waals surface area contributed by atoms with Gasteiger partial charge in [0, 0.05) is 11.6 Å². The van der Waals surface area contributed by atoms with E-state index in [0.29, 0.717) is 17.5 Å². The predicted octanol–water partition coefficient (Wildman–Crippen LogP) is 2.01. The highest BCUT2D eigenvalue weighted by Gasteiger charge is 2.56. The fourth-order valence-corrected chi connectivity index (χ4v) is 3.28. The van der Waals surface area contributed by atoms with Crippen LogP contribution in [0.4, 0.5) is 5.69 Å². The summed E-state index contributed by atoms with van der Waals surface area (Å²) in [5.74, 6) is 0.118. The minimum Gasteiger partial charge on any atom is -0.477 e. The summed E-state index contributed by atoms with van der Waals surface area (Å²) in [5.41, 5.74) is 1.18. The molecule has 2 atom stereocenters. The summed E-state index contributed by atoms with van der Waals surface area (Å²) in [5, 5.41) is 11.8. The van der Waals surface area contributed by atoms with Crippen molar-refractivity contribution in [2.75, 3.05) is 5.32 Å². The fourth-order valence-electron chi connectivity index (χ4n) is 3.28. The van der Waals surface area contributed by atoms with Crippen LogP contribution in [-0.4, -0.2) is 22.0 Å². The molecule has 2 saturated carbocycles. The van der Waals surface area contributed by atoms with Gasteiger partial charge in [-0.2, -0.15) is 0 Å². The Morgan fingerprint density at radius 2 is 2.06 bits per heavy atom. The number of nitrogens with one attached hydrogen (secondary N) is 2. The normalized spacial score (nSPS) is 28.8. The maximum Gasteiger partial charge on any atom is 0.354 e. The topological polar surface area (TPSA) is 82.2 Å². The Bertz CT molecular complexity index is 510. The largest absolute Gasteiger partial charge is 0.477 e. The zero-order valence-corrected chi connectivity index (χ0v) is 10.2. The van der Waals surface area contributed by atoms with Crippen molar-refractivity contribution in [3.8, 4) is 0 Å². The van der Waals surface area contributed by atoms with Gasteiger partial charge in [-0.1, -0.05) is 6.42 Å². The number of hydrogen-bond donors (Lipinski definition) is 3. The highest BCUT2D eigenvalue weighted by molar-refractivity contribution is 6.01. The number of carbonyl (C=O) groups is 2. The first kappa shape index (κ1) is 11.3. The quantitative estimate of drug-likeness (QED) is 0.765. The van der Waals surface area contributed by atoms with E-state index >= 15 is 0 Å². The molecule has 2 fully saturated rings. The molecule has 3 N–H and O–H groups in total. The van der Waals surface area contributed by atoms with E-state index in [-0.39, 0.29) is 17.5 Å². The molecule has 1 aromatic rings. The zero-order valence-electron chi connectivity index (χ0n) is 10.2. The summed E-state index contributed by atoms with van der Waals surface area (Å²) in [6.07, 6.45) is 3.50. The lowest BCUT2D eigenvalue weighted by atomic mass is 10.1. The van der Waals surface area contributed by atoms with Crippen molar-refractivity contribution in [1.29, 1.82) is 0 Å². The Morgan fingerprint density at radius 3 is 2.67 bits per heavy atom. The van der Waals surface area contributed by atoms with Crippen molar-refractivity contribution in [2.45, 2.75) is 26.2 Å². The maximum absolute atomic E-state index is 12.1. The number of aromatic nitrogens is 1. The summed E-state index contributed by atoms with van der Waals surface area (Å²) in [6.45, 7) is 1.77. The molecule has 96 valence electrons. The highest BCUT2D eigenvalue weighted by Crippen LogP contribution is 2.57. The lowest BCUT2D eigenvalue weighted by molar-refractivity contribution is -0.118. The molecule has 0 radical (unpaired) electrons. The number of carboxylic acid groups (broad SMARTS) is 1. The number of amides is 1. The molecule has 0 aromatic carbocycles. The van der Waals surface area contributed by atoms with Crippen molar-refractivity contribution < 1.29 is 14.7 Å². The maximum atomic E-state index is 12.1. The second-order valence-electron chi connectivity index (χ2n) is 5.32. The average molecular weight is 248 g/mol. The lowest BCUT2D eigenvalue weighted by Gasteiger charge is -2.05. The first-order valence-corrected chi connectivity index (χ1v) is 6.31. The smallest absolute Gasteiger partial charge is 0.354 e. The molecule has 0 aliphatic heterocycles. The highest BCUT2D eigenvalue weighted by atomic mass is 16.4. The molecule has 2 unspecified atom stereocenters. The van der Waals surface area contributed by atoms with Crippen molar-refractivity contribution in [1.82, 2.24) is 4.98 Å². The van der Waals surface area contributed by atoms with E-state index in [1.807, 2.05) is 0 Å². The molecule has 0 spiro atoms. The average Bonchev–Trinajstić information content (AvgIpc) is 2.67. The molecule has 18 heavy (non-hydrogen) atoms. The van der Waals surface area contributed by atoms with Crippen molar-refractivity contribution in [3.63, 3.8) is 0 Å². The van der Waals surface area contributed by atoms with Gasteiger partial charge in [0.25, 0.3) is 0 Å². The Kier molecular flexibility index (Phi) is 2.43. The van der Waals surface area contributed by atoms with Gasteiger partial charge in [-0.05, 0) is 37.7 Å². The number of carbonyl (C=O) groups excluding carboxylic acids is 1. The molecule has 0 bridgehead atoms. The molecule has 3 rings (SSSR count). The molecule has 0 saturated heterocycles. The van der Waals surface area contributed by atoms with Gasteiger partial charge in [0.2, 0.25) is 5.91 Å². The molecule has 2 aliphatic carbocycles. The van der Waals surface area contributed by atoms with Crippen LogP contribution in [0.25, 0.3) is 0 Å². The standard InChI is InChI=1S/C13H16N2O3/c1-6-5-9(11(14-6)13(17)18)15-12(16)10-7-3-2-4-8(7)10/h5,7-8,10,14H,2-4H2,1H3,(H,15,16)(H,17,18). The van der Waals surface area contributed by atoms with E-state index in [0.717, 1.165) is 18.5 Å². The van der Waals surface area contributed by atoms with Gasteiger partial charge >= 0.3 is 5.97 Å². The van der Waals surface area contributed by atoms with Gasteiger partial charge in [0.05, 0.1) is 5.69 Å². The third-order valence-electron chi connectivity index (χ3n) is 4.13. The Labute approximate surface area is 105 Å². The van der Waals surface area contributed by atoms with Crippen molar-refractivity contribution in [2.24, 2.45) is 17.8 Å². The van der Waals surface area contributed by atoms with Crippen LogP contribution >= 0.6 is 0 Å². The number of carboxylic acids is 1. The number of aromatic carboxylic acids is 1. The van der Waals surface area contributed by atoms with Gasteiger partial charge in [-0.15, -0.1) is 0 Å². The fraction of sp³-hybridized carbons (Fsp3) is 0.538. The second-order valence-corrected chi connectivity index (χ2v) is 5.32. The first-order chi connectivity index (χ1) is 8.58. The number of rotatable bonds is 3. The van der Waals surface area contributed by atoms with Gasteiger partial charge in [0.1, 0.15) is 5.69 Å². The molecule has 1 amide bonds. The van der Waals surface area contributed by atoms with E-state index in [1.165, 1.54) is 6.42 Å². The van der Waals surface area contributed by atoms with Crippen LogP contribution in [0.15, 0.2) is 6.07 Å². The Hall–Kier alpha value is -1.78. The molecule has 1 heterocycles. The summed E-state index contributed by atoms with van der Waals surface area (Å²) in [7, 11) is 0. The van der Waals surface area contributed by atoms with Crippen LogP contribution in [0.1, 0.15) is 35.4 Å². The van der Waals surface area contributed by atoms with E-state index in [2.05, 4.69) is 10.3 Å². The number of hydrogen-bond acceptors (Lipinski definition) is 2. The third kappa shape index (κ3) is 1.70. The molecule has 1 aromatic heterocycles. The van der Waals surface area contributed by atoms with Crippen LogP contribution in [-0.2, 0) is 4.79 Å². The molecular weight excluding hydrogens is 232 g/mol. The molecular formula is C13H16N2O3. The molecule has 2 aliphatic rings. The minimum absolute atomic E-state index is 0.0220. The van der Waals surface area contributed by atoms with E-state index in [9.17, 15) is 9.59 Å². The van der Waals surface area contributed by atoms with Gasteiger partial charge in [-0.3, -0.25) is 4.79 Å². The number of aromatic amines is 1. The SMILES string of the molecule is Cc1cc(NC(=O)C2C3CCCC32)c(C(=O)O)[nH]1. The summed E-state index contributed by atoms with van der Waals surface area (Å²) >= 11 is 0. The summed E-state index contributed by atoms with van der Waals surface area (Å²) in [4.78, 5) is 25.8. The van der Waals surface area contributed by atoms with Crippen LogP contribution in [0.3, 0.4) is 0 Å². The van der Waals surface area contributed by atoms with Crippen LogP contribution in [0, 0.1) is 24.7 Å². The summed E-state index contributed by atoms with van der Waals surface area (Å²) in [6, 6.07) is 1.67. The molecule has 5 heteroatoms. The van der Waals surface area contributed by atoms with Gasteiger partial charge in [-0.25, -0.2) is 4.79 Å². The van der Waals surface area contributed by atoms with E-state index in [1.54, 1.807) is 13.0 Å². The number of H-pyrrole nitrogens is 1. The van der Waals surface area contributed by atoms with Crippen LogP contribution in [0.2, 0.25) is 0 Å². The zero-order chi connectivity index (χ0) is 12.9. The number of anilines is 1. The van der Waals surface area contributed by atoms with Gasteiger partial charge in [0.15, 0.2) is 0 Å². The van der Waals surface area contributed by atoms with Gasteiger partial charge < -0.3 is 15.4 Å². The Balaban J connectivity index is 1.73. The first-order valence-electron chi connectivity index (χ1n) is 6.31. The van der Waals surface area contributed by atoms with E-state index in [4.69, 9.17) is 5.11 Å². The van der Waals surface area contributed by atoms with Crippen LogP contribution in [0.5, 0.6) is 0 Å². The van der Waals surface area contributed by atoms with Crippen LogP contribution < -0.4 is 5.32 Å². The summed E-state index contributed by atoms with van der Waals surface area (Å²) < 4.78 is 0. The van der Waals surface area contributed by atoms with Crippen molar-refractivity contribution >= 4 is 17.6 Å². The predicted molar refractivity (Wildman–Crippen MR) is 65.4 cm³/mol. The third-order valence-corrected chi connectivity index (χ3v) is 4.13.